The molecule has 3 N–H and O–H groups in total. The SMILES string of the molecule is CS(=O)(=O)NCc1sc(Nc2cccc(C(F)(F)F)c2)nc1C1=CC=CNC1. The molecule has 0 atom stereocenters. The van der Waals surface area contributed by atoms with E-state index < -0.39 is 21.8 Å². The van der Waals surface area contributed by atoms with Crippen LogP contribution in [-0.2, 0) is 22.7 Å². The monoisotopic (exact) mass is 430 g/mol. The molecule has 1 aromatic carbocycles. The van der Waals surface area contributed by atoms with Gasteiger partial charge in [0.1, 0.15) is 0 Å². The van der Waals surface area contributed by atoms with Crippen molar-refractivity contribution in [2.24, 2.45) is 0 Å². The maximum Gasteiger partial charge on any atom is 0.416 e. The van der Waals surface area contributed by atoms with Crippen molar-refractivity contribution in [2.45, 2.75) is 12.7 Å². The number of dihydropyridines is 1. The van der Waals surface area contributed by atoms with Gasteiger partial charge in [-0.3, -0.25) is 0 Å². The molecule has 0 saturated heterocycles. The number of hydrogen-bond donors (Lipinski definition) is 3. The van der Waals surface area contributed by atoms with Gasteiger partial charge in [-0.05, 0) is 36.0 Å². The van der Waals surface area contributed by atoms with Crippen molar-refractivity contribution < 1.29 is 21.6 Å². The Kier molecular flexibility index (Phi) is 5.77. The number of thiazole rings is 1. The molecule has 6 nitrogen and oxygen atoms in total. The zero-order valence-electron chi connectivity index (χ0n) is 14.7. The van der Waals surface area contributed by atoms with Crippen LogP contribution in [0.2, 0.25) is 0 Å². The number of benzene rings is 1. The number of nitrogens with one attached hydrogen (secondary N) is 3. The van der Waals surface area contributed by atoms with Crippen LogP contribution in [0.3, 0.4) is 0 Å². The molecule has 0 spiro atoms. The molecule has 1 aromatic heterocycles. The predicted octanol–water partition coefficient (Wildman–Crippen LogP) is 3.46. The Balaban J connectivity index is 1.90. The lowest BCUT2D eigenvalue weighted by Crippen LogP contribution is -2.21. The Bertz CT molecular complexity index is 1030. The summed E-state index contributed by atoms with van der Waals surface area (Å²) in [6.45, 7) is 0.548. The van der Waals surface area contributed by atoms with E-state index in [1.54, 1.807) is 12.3 Å². The summed E-state index contributed by atoms with van der Waals surface area (Å²) in [7, 11) is -3.41. The van der Waals surface area contributed by atoms with Gasteiger partial charge in [0, 0.05) is 23.7 Å². The zero-order valence-corrected chi connectivity index (χ0v) is 16.3. The molecule has 0 unspecified atom stereocenters. The molecule has 1 aliphatic heterocycles. The van der Waals surface area contributed by atoms with Gasteiger partial charge in [-0.1, -0.05) is 23.5 Å². The Labute approximate surface area is 164 Å². The topological polar surface area (TPSA) is 83.1 Å². The molecule has 28 heavy (non-hydrogen) atoms. The molecule has 150 valence electrons. The van der Waals surface area contributed by atoms with Gasteiger partial charge in [0.05, 0.1) is 17.5 Å². The minimum Gasteiger partial charge on any atom is -0.387 e. The van der Waals surface area contributed by atoms with Crippen LogP contribution in [-0.4, -0.2) is 26.2 Å². The van der Waals surface area contributed by atoms with E-state index in [0.717, 1.165) is 24.0 Å². The first-order valence-corrected chi connectivity index (χ1v) is 10.8. The molecule has 0 fully saturated rings. The number of rotatable bonds is 6. The highest BCUT2D eigenvalue weighted by molar-refractivity contribution is 7.88. The van der Waals surface area contributed by atoms with E-state index in [1.807, 2.05) is 6.08 Å². The lowest BCUT2D eigenvalue weighted by molar-refractivity contribution is -0.137. The van der Waals surface area contributed by atoms with Crippen LogP contribution in [0.5, 0.6) is 0 Å². The maximum atomic E-state index is 12.9. The number of aromatic nitrogens is 1. The molecule has 2 heterocycles. The van der Waals surface area contributed by atoms with E-state index in [4.69, 9.17) is 0 Å². The summed E-state index contributed by atoms with van der Waals surface area (Å²) in [5, 5.41) is 6.30. The van der Waals surface area contributed by atoms with Crippen molar-refractivity contribution in [3.63, 3.8) is 0 Å². The highest BCUT2D eigenvalue weighted by Crippen LogP contribution is 2.34. The lowest BCUT2D eigenvalue weighted by atomic mass is 10.1. The highest BCUT2D eigenvalue weighted by atomic mass is 32.2. The molecular formula is C17H17F3N4O2S2. The van der Waals surface area contributed by atoms with Crippen LogP contribution in [0.4, 0.5) is 24.0 Å². The number of halogens is 3. The first kappa shape index (κ1) is 20.4. The van der Waals surface area contributed by atoms with Gasteiger partial charge >= 0.3 is 6.18 Å². The Hall–Kier alpha value is -2.37. The van der Waals surface area contributed by atoms with Crippen LogP contribution < -0.4 is 15.4 Å². The summed E-state index contributed by atoms with van der Waals surface area (Å²) in [5.41, 5.74) is 0.916. The number of allylic oxidation sites excluding steroid dienone is 2. The minimum absolute atomic E-state index is 0.0388. The van der Waals surface area contributed by atoms with Gasteiger partial charge < -0.3 is 10.6 Å². The summed E-state index contributed by atoms with van der Waals surface area (Å²) in [6, 6.07) is 4.81. The highest BCUT2D eigenvalue weighted by Gasteiger charge is 2.30. The van der Waals surface area contributed by atoms with E-state index in [-0.39, 0.29) is 12.2 Å². The van der Waals surface area contributed by atoms with Crippen LogP contribution in [0, 0.1) is 0 Å². The van der Waals surface area contributed by atoms with Gasteiger partial charge in [-0.2, -0.15) is 13.2 Å². The zero-order chi connectivity index (χ0) is 20.4. The van der Waals surface area contributed by atoms with Gasteiger partial charge in [-0.15, -0.1) is 0 Å². The summed E-state index contributed by atoms with van der Waals surface area (Å²) >= 11 is 1.18. The maximum absolute atomic E-state index is 12.9. The van der Waals surface area contributed by atoms with Gasteiger partial charge in [0.15, 0.2) is 5.13 Å². The second kappa shape index (κ2) is 7.94. The molecular weight excluding hydrogens is 413 g/mol. The molecule has 3 rings (SSSR count). The van der Waals surface area contributed by atoms with Gasteiger partial charge in [-0.25, -0.2) is 18.1 Å². The quantitative estimate of drug-likeness (QED) is 0.654. The molecule has 0 saturated carbocycles. The standard InChI is InChI=1S/C17H17F3N4O2S2/c1-28(25,26)22-10-14-15(11-4-3-7-21-9-11)24-16(27-14)23-13-6-2-5-12(8-13)17(18,19)20/h2-8,21-22H,9-10H2,1H3,(H,23,24). The first-order valence-electron chi connectivity index (χ1n) is 8.10. The second-order valence-corrected chi connectivity index (χ2v) is 8.94. The first-order chi connectivity index (χ1) is 13.1. The minimum atomic E-state index is -4.44. The van der Waals surface area contributed by atoms with Gasteiger partial charge in [0.2, 0.25) is 10.0 Å². The van der Waals surface area contributed by atoms with Crippen molar-refractivity contribution in [3.05, 3.63) is 58.8 Å². The summed E-state index contributed by atoms with van der Waals surface area (Å²) in [5.74, 6) is 0. The molecule has 11 heteroatoms. The van der Waals surface area contributed by atoms with Gasteiger partial charge in [0.25, 0.3) is 0 Å². The van der Waals surface area contributed by atoms with E-state index >= 15 is 0 Å². The lowest BCUT2D eigenvalue weighted by Gasteiger charge is -2.10. The molecule has 0 amide bonds. The summed E-state index contributed by atoms with van der Waals surface area (Å²) < 4.78 is 64.0. The average Bonchev–Trinajstić information content (AvgIpc) is 3.02. The van der Waals surface area contributed by atoms with Crippen LogP contribution in [0.15, 0.2) is 42.6 Å². The molecule has 1 aliphatic rings. The fourth-order valence-corrected chi connectivity index (χ4v) is 3.95. The normalized spacial score (nSPS) is 14.5. The Morgan fingerprint density at radius 3 is 2.75 bits per heavy atom. The van der Waals surface area contributed by atoms with Crippen molar-refractivity contribution in [3.8, 4) is 0 Å². The van der Waals surface area contributed by atoms with E-state index in [1.165, 1.54) is 23.5 Å². The van der Waals surface area contributed by atoms with Crippen LogP contribution >= 0.6 is 11.3 Å². The summed E-state index contributed by atoms with van der Waals surface area (Å²) in [4.78, 5) is 5.13. The fraction of sp³-hybridized carbons (Fsp3) is 0.235. The van der Waals surface area contributed by atoms with Crippen LogP contribution in [0.25, 0.3) is 5.57 Å². The molecule has 0 radical (unpaired) electrons. The average molecular weight is 430 g/mol. The van der Waals surface area contributed by atoms with E-state index in [9.17, 15) is 21.6 Å². The third-order valence-electron chi connectivity index (χ3n) is 3.74. The predicted molar refractivity (Wildman–Crippen MR) is 104 cm³/mol. The fourth-order valence-electron chi connectivity index (χ4n) is 2.49. The Morgan fingerprint density at radius 2 is 2.11 bits per heavy atom. The van der Waals surface area contributed by atoms with Crippen molar-refractivity contribution >= 4 is 37.8 Å². The molecule has 0 aliphatic carbocycles. The number of hydrogen-bond acceptors (Lipinski definition) is 6. The van der Waals surface area contributed by atoms with Crippen molar-refractivity contribution in [1.82, 2.24) is 15.0 Å². The van der Waals surface area contributed by atoms with Crippen LogP contribution in [0.1, 0.15) is 16.1 Å². The second-order valence-electron chi connectivity index (χ2n) is 6.02. The molecule has 2 aromatic rings. The number of alkyl halides is 3. The largest absolute Gasteiger partial charge is 0.416 e. The third-order valence-corrected chi connectivity index (χ3v) is 5.38. The summed E-state index contributed by atoms with van der Waals surface area (Å²) in [6.07, 6.45) is 2.03. The number of sulfonamides is 1. The van der Waals surface area contributed by atoms with Crippen molar-refractivity contribution in [1.29, 1.82) is 0 Å². The van der Waals surface area contributed by atoms with E-state index in [2.05, 4.69) is 20.3 Å². The Morgan fingerprint density at radius 1 is 1.32 bits per heavy atom. The molecule has 0 bridgehead atoms. The van der Waals surface area contributed by atoms with Crippen molar-refractivity contribution in [2.75, 3.05) is 18.1 Å². The number of nitrogens with zero attached hydrogens (tertiary/aromatic N) is 1. The van der Waals surface area contributed by atoms with E-state index in [0.29, 0.717) is 22.2 Å². The smallest absolute Gasteiger partial charge is 0.387 e. The third kappa shape index (κ3) is 5.33. The number of anilines is 2.